The number of hydrogen-bond donors (Lipinski definition) is 3. The Balaban J connectivity index is 1.62. The van der Waals surface area contributed by atoms with Crippen molar-refractivity contribution >= 4 is 28.6 Å². The maximum atomic E-state index is 10.5. The van der Waals surface area contributed by atoms with E-state index in [-0.39, 0.29) is 0 Å². The number of benzene rings is 1. The van der Waals surface area contributed by atoms with Crippen LogP contribution in [0.4, 0.5) is 10.6 Å². The van der Waals surface area contributed by atoms with Crippen LogP contribution in [0, 0.1) is 6.92 Å². The third kappa shape index (κ3) is 3.43. The van der Waals surface area contributed by atoms with E-state index in [1.165, 1.54) is 0 Å². The minimum Gasteiger partial charge on any atom is -0.465 e. The van der Waals surface area contributed by atoms with Gasteiger partial charge in [0.1, 0.15) is 5.82 Å². The highest BCUT2D eigenvalue weighted by Gasteiger charge is 2.13. The summed E-state index contributed by atoms with van der Waals surface area (Å²) in [6, 6.07) is 6.01. The number of aromatic nitrogens is 6. The zero-order valence-electron chi connectivity index (χ0n) is 15.3. The van der Waals surface area contributed by atoms with E-state index in [0.717, 1.165) is 35.4 Å². The highest BCUT2D eigenvalue weighted by Crippen LogP contribution is 2.23. The van der Waals surface area contributed by atoms with Crippen molar-refractivity contribution in [2.24, 2.45) is 0 Å². The van der Waals surface area contributed by atoms with Crippen molar-refractivity contribution in [3.8, 4) is 5.69 Å². The minimum absolute atomic E-state index is 0.426. The van der Waals surface area contributed by atoms with Crippen molar-refractivity contribution < 1.29 is 9.90 Å². The highest BCUT2D eigenvalue weighted by atomic mass is 16.4. The number of unbranched alkanes of at least 4 members (excludes halogenated alkanes) is 1. The molecule has 3 aromatic heterocycles. The normalized spacial score (nSPS) is 11.2. The second kappa shape index (κ2) is 7.51. The van der Waals surface area contributed by atoms with E-state index >= 15 is 0 Å². The Morgan fingerprint density at radius 1 is 1.21 bits per heavy atom. The van der Waals surface area contributed by atoms with E-state index in [1.807, 2.05) is 40.3 Å². The van der Waals surface area contributed by atoms with Crippen LogP contribution in [0.1, 0.15) is 18.7 Å². The molecule has 1 aromatic carbocycles. The molecule has 0 saturated heterocycles. The topological polar surface area (TPSA) is 122 Å². The molecule has 0 radical (unpaired) electrons. The molecule has 10 heteroatoms. The number of anilines is 1. The van der Waals surface area contributed by atoms with Crippen molar-refractivity contribution in [1.82, 2.24) is 34.4 Å². The molecule has 0 spiro atoms. The van der Waals surface area contributed by atoms with Crippen LogP contribution in [0.2, 0.25) is 0 Å². The number of nitrogens with zero attached hydrogens (tertiary/aromatic N) is 6. The SMILES string of the molecule is Cc1nnc2c(NCCCCNC(=O)O)nc3cc(-n4ccnc4)ccc3n12. The summed E-state index contributed by atoms with van der Waals surface area (Å²) in [6.07, 6.45) is 5.89. The van der Waals surface area contributed by atoms with Gasteiger partial charge in [-0.15, -0.1) is 10.2 Å². The summed E-state index contributed by atoms with van der Waals surface area (Å²) in [5.41, 5.74) is 3.38. The van der Waals surface area contributed by atoms with Crippen LogP contribution in [-0.4, -0.2) is 53.4 Å². The second-order valence-corrected chi connectivity index (χ2v) is 6.38. The Kier molecular flexibility index (Phi) is 4.75. The minimum atomic E-state index is -1.00. The molecule has 4 rings (SSSR count). The van der Waals surface area contributed by atoms with Crippen molar-refractivity contribution in [3.05, 3.63) is 42.7 Å². The Labute approximate surface area is 160 Å². The number of hydrogen-bond acceptors (Lipinski definition) is 6. The van der Waals surface area contributed by atoms with Gasteiger partial charge in [0.2, 0.25) is 5.65 Å². The summed E-state index contributed by atoms with van der Waals surface area (Å²) in [5.74, 6) is 1.44. The van der Waals surface area contributed by atoms with Crippen molar-refractivity contribution in [3.63, 3.8) is 0 Å². The van der Waals surface area contributed by atoms with Crippen molar-refractivity contribution in [2.45, 2.75) is 19.8 Å². The summed E-state index contributed by atoms with van der Waals surface area (Å²) in [7, 11) is 0. The fraction of sp³-hybridized carbons (Fsp3) is 0.278. The molecule has 1 amide bonds. The molecular weight excluding hydrogens is 360 g/mol. The molecule has 4 aromatic rings. The number of rotatable bonds is 7. The van der Waals surface area contributed by atoms with E-state index < -0.39 is 6.09 Å². The quantitative estimate of drug-likeness (QED) is 0.420. The number of carboxylic acid groups (broad SMARTS) is 1. The predicted octanol–water partition coefficient (Wildman–Crippen LogP) is 2.23. The smallest absolute Gasteiger partial charge is 0.404 e. The molecule has 0 bridgehead atoms. The van der Waals surface area contributed by atoms with E-state index in [4.69, 9.17) is 10.1 Å². The lowest BCUT2D eigenvalue weighted by atomic mass is 10.2. The van der Waals surface area contributed by atoms with Crippen LogP contribution in [0.5, 0.6) is 0 Å². The number of aryl methyl sites for hydroxylation is 1. The first-order chi connectivity index (χ1) is 13.6. The van der Waals surface area contributed by atoms with Crippen LogP contribution in [-0.2, 0) is 0 Å². The molecule has 0 fully saturated rings. The standard InChI is InChI=1S/C18H20N8O2/c1-12-23-24-17-16(20-6-2-3-7-21-18(27)28)22-14-10-13(25-9-8-19-11-25)4-5-15(14)26(12)17/h4-5,8-11,21H,2-3,6-7H2,1H3,(H,20,22)(H,27,28). The summed E-state index contributed by atoms with van der Waals surface area (Å²) < 4.78 is 3.90. The molecule has 3 N–H and O–H groups in total. The van der Waals surface area contributed by atoms with Crippen molar-refractivity contribution in [1.29, 1.82) is 0 Å². The third-order valence-corrected chi connectivity index (χ3v) is 4.44. The molecule has 0 aliphatic carbocycles. The first-order valence-electron chi connectivity index (χ1n) is 8.98. The summed E-state index contributed by atoms with van der Waals surface area (Å²) in [4.78, 5) is 19.3. The van der Waals surface area contributed by atoms with Gasteiger partial charge in [-0.25, -0.2) is 14.8 Å². The molecule has 10 nitrogen and oxygen atoms in total. The summed E-state index contributed by atoms with van der Waals surface area (Å²) in [6.45, 7) is 2.99. The van der Waals surface area contributed by atoms with E-state index in [0.29, 0.717) is 24.6 Å². The van der Waals surface area contributed by atoms with Gasteiger partial charge in [0.25, 0.3) is 0 Å². The van der Waals surface area contributed by atoms with E-state index in [9.17, 15) is 4.79 Å². The number of nitrogens with one attached hydrogen (secondary N) is 2. The van der Waals surface area contributed by atoms with Gasteiger partial charge in [-0.05, 0) is 38.0 Å². The van der Waals surface area contributed by atoms with Crippen molar-refractivity contribution in [2.75, 3.05) is 18.4 Å². The monoisotopic (exact) mass is 380 g/mol. The molecule has 0 aliphatic rings. The second-order valence-electron chi connectivity index (χ2n) is 6.38. The van der Waals surface area contributed by atoms with Crippen LogP contribution in [0.25, 0.3) is 22.4 Å². The maximum Gasteiger partial charge on any atom is 0.404 e. The fourth-order valence-corrected chi connectivity index (χ4v) is 3.11. The van der Waals surface area contributed by atoms with Crippen LogP contribution in [0.3, 0.4) is 0 Å². The van der Waals surface area contributed by atoms with Gasteiger partial charge in [0.15, 0.2) is 5.82 Å². The Bertz CT molecular complexity index is 1120. The third-order valence-electron chi connectivity index (χ3n) is 4.44. The van der Waals surface area contributed by atoms with Gasteiger partial charge in [-0.2, -0.15) is 0 Å². The zero-order chi connectivity index (χ0) is 19.5. The van der Waals surface area contributed by atoms with Gasteiger partial charge in [-0.3, -0.25) is 4.40 Å². The average molecular weight is 380 g/mol. The average Bonchev–Trinajstić information content (AvgIpc) is 3.34. The summed E-state index contributed by atoms with van der Waals surface area (Å²) in [5, 5.41) is 22.7. The lowest BCUT2D eigenvalue weighted by molar-refractivity contribution is 0.194. The van der Waals surface area contributed by atoms with Gasteiger partial charge in [0.05, 0.1) is 17.4 Å². The lowest BCUT2D eigenvalue weighted by Gasteiger charge is -2.11. The number of imidazole rings is 1. The number of carbonyl (C=O) groups is 1. The molecule has 0 atom stereocenters. The molecule has 0 aliphatic heterocycles. The van der Waals surface area contributed by atoms with Crippen LogP contribution >= 0.6 is 0 Å². The molecule has 0 saturated carbocycles. The van der Waals surface area contributed by atoms with E-state index in [2.05, 4.69) is 25.8 Å². The highest BCUT2D eigenvalue weighted by molar-refractivity contribution is 5.84. The van der Waals surface area contributed by atoms with Crippen LogP contribution < -0.4 is 10.6 Å². The largest absolute Gasteiger partial charge is 0.465 e. The number of amides is 1. The first-order valence-corrected chi connectivity index (χ1v) is 8.98. The lowest BCUT2D eigenvalue weighted by Crippen LogP contribution is -2.22. The number of fused-ring (bicyclic) bond motifs is 3. The fourth-order valence-electron chi connectivity index (χ4n) is 3.11. The van der Waals surface area contributed by atoms with Gasteiger partial charge in [0, 0.05) is 31.2 Å². The van der Waals surface area contributed by atoms with Gasteiger partial charge < -0.3 is 20.3 Å². The predicted molar refractivity (Wildman–Crippen MR) is 104 cm³/mol. The van der Waals surface area contributed by atoms with E-state index in [1.54, 1.807) is 12.5 Å². The first kappa shape index (κ1) is 17.7. The maximum absolute atomic E-state index is 10.5. The van der Waals surface area contributed by atoms with Crippen LogP contribution in [0.15, 0.2) is 36.9 Å². The Hall–Kier alpha value is -3.69. The molecule has 28 heavy (non-hydrogen) atoms. The molecular formula is C18H20N8O2. The molecule has 3 heterocycles. The summed E-state index contributed by atoms with van der Waals surface area (Å²) >= 11 is 0. The molecule has 0 unspecified atom stereocenters. The Morgan fingerprint density at radius 2 is 2.07 bits per heavy atom. The Morgan fingerprint density at radius 3 is 2.86 bits per heavy atom. The zero-order valence-corrected chi connectivity index (χ0v) is 15.3. The molecule has 144 valence electrons. The van der Waals surface area contributed by atoms with Gasteiger partial charge >= 0.3 is 6.09 Å². The van der Waals surface area contributed by atoms with Gasteiger partial charge in [-0.1, -0.05) is 0 Å².